The van der Waals surface area contributed by atoms with Crippen LogP contribution in [0, 0.1) is 0 Å². The first kappa shape index (κ1) is 12.7. The molecule has 0 saturated carbocycles. The first-order valence-corrected chi connectivity index (χ1v) is 5.95. The Labute approximate surface area is 97.9 Å². The van der Waals surface area contributed by atoms with E-state index in [4.69, 9.17) is 9.84 Å². The van der Waals surface area contributed by atoms with Gasteiger partial charge in [0.25, 0.3) is 0 Å². The minimum Gasteiger partial charge on any atom is -0.481 e. The molecule has 4 nitrogen and oxygen atoms in total. The van der Waals surface area contributed by atoms with Crippen molar-refractivity contribution in [3.05, 3.63) is 22.4 Å². The molecule has 1 aromatic rings. The van der Waals surface area contributed by atoms with Gasteiger partial charge in [0, 0.05) is 11.3 Å². The van der Waals surface area contributed by atoms with Crippen molar-refractivity contribution >= 4 is 23.3 Å². The monoisotopic (exact) mass is 242 g/mol. The lowest BCUT2D eigenvalue weighted by atomic mass is 10.0. The van der Waals surface area contributed by atoms with Crippen LogP contribution < -0.4 is 0 Å². The lowest BCUT2D eigenvalue weighted by Crippen LogP contribution is -2.13. The normalized spacial score (nSPS) is 12.1. The zero-order chi connectivity index (χ0) is 12.0. The number of aliphatic carboxylic acids is 1. The Morgan fingerprint density at radius 1 is 1.56 bits per heavy atom. The van der Waals surface area contributed by atoms with E-state index in [9.17, 15) is 9.59 Å². The summed E-state index contributed by atoms with van der Waals surface area (Å²) in [4.78, 5) is 22.9. The molecule has 0 aliphatic rings. The minimum absolute atomic E-state index is 0.142. The van der Waals surface area contributed by atoms with E-state index in [0.29, 0.717) is 6.61 Å². The molecule has 1 heterocycles. The van der Waals surface area contributed by atoms with Crippen LogP contribution in [0.4, 0.5) is 0 Å². The van der Waals surface area contributed by atoms with E-state index in [0.717, 1.165) is 4.88 Å². The Bertz CT molecular complexity index is 345. The van der Waals surface area contributed by atoms with E-state index in [1.807, 2.05) is 5.38 Å². The Kier molecular flexibility index (Phi) is 4.98. The van der Waals surface area contributed by atoms with Gasteiger partial charge in [-0.05, 0) is 24.8 Å². The van der Waals surface area contributed by atoms with E-state index in [2.05, 4.69) is 0 Å². The average Bonchev–Trinajstić information content (AvgIpc) is 2.71. The predicted molar refractivity (Wildman–Crippen MR) is 60.6 cm³/mol. The summed E-state index contributed by atoms with van der Waals surface area (Å²) in [5, 5.41) is 10.9. The van der Waals surface area contributed by atoms with E-state index in [1.54, 1.807) is 19.1 Å². The summed E-state index contributed by atoms with van der Waals surface area (Å²) in [6.45, 7) is 2.06. The SMILES string of the molecule is CCOC(=O)CCC(C(=O)O)c1cccs1. The topological polar surface area (TPSA) is 63.6 Å². The van der Waals surface area contributed by atoms with Crippen LogP contribution >= 0.6 is 11.3 Å². The zero-order valence-electron chi connectivity index (χ0n) is 9.01. The average molecular weight is 242 g/mol. The molecule has 1 rings (SSSR count). The molecule has 0 bridgehead atoms. The van der Waals surface area contributed by atoms with Gasteiger partial charge in [-0.25, -0.2) is 0 Å². The summed E-state index contributed by atoms with van der Waals surface area (Å²) in [5.74, 6) is -1.85. The molecule has 0 aromatic carbocycles. The number of thiophene rings is 1. The number of rotatable bonds is 6. The van der Waals surface area contributed by atoms with Crippen molar-refractivity contribution in [2.24, 2.45) is 0 Å². The molecule has 88 valence electrons. The molecule has 1 aromatic heterocycles. The molecule has 0 radical (unpaired) electrons. The molecule has 0 aliphatic heterocycles. The Balaban J connectivity index is 2.54. The smallest absolute Gasteiger partial charge is 0.311 e. The number of carbonyl (C=O) groups is 2. The second-order valence-electron chi connectivity index (χ2n) is 3.25. The van der Waals surface area contributed by atoms with Crippen molar-refractivity contribution in [3.8, 4) is 0 Å². The minimum atomic E-state index is -0.897. The van der Waals surface area contributed by atoms with Crippen LogP contribution in [0.25, 0.3) is 0 Å². The lowest BCUT2D eigenvalue weighted by molar-refractivity contribution is -0.144. The highest BCUT2D eigenvalue weighted by atomic mass is 32.1. The van der Waals surface area contributed by atoms with Gasteiger partial charge in [-0.3, -0.25) is 9.59 Å². The summed E-state index contributed by atoms with van der Waals surface area (Å²) in [6, 6.07) is 3.58. The molecule has 0 aliphatic carbocycles. The van der Waals surface area contributed by atoms with E-state index < -0.39 is 11.9 Å². The maximum atomic E-state index is 11.1. The molecule has 0 fully saturated rings. The molecular formula is C11H14O4S. The molecule has 1 N–H and O–H groups in total. The van der Waals surface area contributed by atoms with E-state index >= 15 is 0 Å². The van der Waals surface area contributed by atoms with E-state index in [-0.39, 0.29) is 18.8 Å². The Hall–Kier alpha value is -1.36. The maximum Gasteiger partial charge on any atom is 0.311 e. The number of carboxylic acid groups (broad SMARTS) is 1. The second-order valence-corrected chi connectivity index (χ2v) is 4.23. The van der Waals surface area contributed by atoms with Crippen molar-refractivity contribution in [3.63, 3.8) is 0 Å². The van der Waals surface area contributed by atoms with Crippen LogP contribution in [0.3, 0.4) is 0 Å². The molecule has 0 saturated heterocycles. The van der Waals surface area contributed by atoms with Gasteiger partial charge in [0.05, 0.1) is 12.5 Å². The van der Waals surface area contributed by atoms with Crippen molar-refractivity contribution < 1.29 is 19.4 Å². The molecule has 1 unspecified atom stereocenters. The van der Waals surface area contributed by atoms with Crippen LogP contribution in [0.2, 0.25) is 0 Å². The summed E-state index contributed by atoms with van der Waals surface area (Å²) in [7, 11) is 0. The Morgan fingerprint density at radius 3 is 2.81 bits per heavy atom. The highest BCUT2D eigenvalue weighted by Crippen LogP contribution is 2.26. The van der Waals surface area contributed by atoms with Crippen molar-refractivity contribution in [2.45, 2.75) is 25.7 Å². The van der Waals surface area contributed by atoms with Crippen LogP contribution in [0.5, 0.6) is 0 Å². The summed E-state index contributed by atoms with van der Waals surface area (Å²) < 4.78 is 4.76. The third-order valence-electron chi connectivity index (χ3n) is 2.13. The largest absolute Gasteiger partial charge is 0.481 e. The van der Waals surface area contributed by atoms with E-state index in [1.165, 1.54) is 11.3 Å². The van der Waals surface area contributed by atoms with Crippen LogP contribution in [0.15, 0.2) is 17.5 Å². The van der Waals surface area contributed by atoms with Gasteiger partial charge < -0.3 is 9.84 Å². The third-order valence-corrected chi connectivity index (χ3v) is 3.11. The molecular weight excluding hydrogens is 228 g/mol. The summed E-state index contributed by atoms with van der Waals surface area (Å²) in [6.07, 6.45) is 0.428. The predicted octanol–water partition coefficient (Wildman–Crippen LogP) is 2.26. The van der Waals surface area contributed by atoms with Gasteiger partial charge in [-0.1, -0.05) is 6.07 Å². The zero-order valence-corrected chi connectivity index (χ0v) is 9.83. The fourth-order valence-corrected chi connectivity index (χ4v) is 2.23. The van der Waals surface area contributed by atoms with Crippen molar-refractivity contribution in [1.29, 1.82) is 0 Å². The van der Waals surface area contributed by atoms with Gasteiger partial charge in [0.1, 0.15) is 0 Å². The highest BCUT2D eigenvalue weighted by Gasteiger charge is 2.21. The summed E-state index contributed by atoms with van der Waals surface area (Å²) >= 11 is 1.39. The second kappa shape index (κ2) is 6.27. The van der Waals surface area contributed by atoms with Crippen molar-refractivity contribution in [1.82, 2.24) is 0 Å². The van der Waals surface area contributed by atoms with Gasteiger partial charge in [0.15, 0.2) is 0 Å². The molecule has 5 heteroatoms. The molecule has 0 amide bonds. The molecule has 16 heavy (non-hydrogen) atoms. The number of hydrogen-bond donors (Lipinski definition) is 1. The first-order chi connectivity index (χ1) is 7.65. The van der Waals surface area contributed by atoms with Gasteiger partial charge in [-0.15, -0.1) is 11.3 Å². The van der Waals surface area contributed by atoms with Gasteiger partial charge in [0.2, 0.25) is 0 Å². The van der Waals surface area contributed by atoms with Crippen LogP contribution in [-0.4, -0.2) is 23.7 Å². The maximum absolute atomic E-state index is 11.1. The number of esters is 1. The van der Waals surface area contributed by atoms with Crippen molar-refractivity contribution in [2.75, 3.05) is 6.61 Å². The first-order valence-electron chi connectivity index (χ1n) is 5.07. The molecule has 1 atom stereocenters. The number of hydrogen-bond acceptors (Lipinski definition) is 4. The fourth-order valence-electron chi connectivity index (χ4n) is 1.37. The van der Waals surface area contributed by atoms with Gasteiger partial charge in [-0.2, -0.15) is 0 Å². The van der Waals surface area contributed by atoms with Crippen LogP contribution in [0.1, 0.15) is 30.6 Å². The quantitative estimate of drug-likeness (QED) is 0.777. The third kappa shape index (κ3) is 3.66. The lowest BCUT2D eigenvalue weighted by Gasteiger charge is -2.09. The van der Waals surface area contributed by atoms with Crippen LogP contribution in [-0.2, 0) is 14.3 Å². The fraction of sp³-hybridized carbons (Fsp3) is 0.455. The summed E-state index contributed by atoms with van der Waals surface area (Å²) in [5.41, 5.74) is 0. The Morgan fingerprint density at radius 2 is 2.31 bits per heavy atom. The van der Waals surface area contributed by atoms with Gasteiger partial charge >= 0.3 is 11.9 Å². The molecule has 0 spiro atoms. The standard InChI is InChI=1S/C11H14O4S/c1-2-15-10(12)6-5-8(11(13)14)9-4-3-7-16-9/h3-4,7-8H,2,5-6H2,1H3,(H,13,14). The number of carboxylic acids is 1. The highest BCUT2D eigenvalue weighted by molar-refractivity contribution is 7.10. The number of ether oxygens (including phenoxy) is 1. The number of carbonyl (C=O) groups excluding carboxylic acids is 1.